The van der Waals surface area contributed by atoms with Gasteiger partial charge in [0.15, 0.2) is 0 Å². The molecule has 1 unspecified atom stereocenters. The van der Waals surface area contributed by atoms with Crippen molar-refractivity contribution in [3.05, 3.63) is 65.5 Å². The van der Waals surface area contributed by atoms with Gasteiger partial charge in [-0.25, -0.2) is 4.39 Å². The molecule has 2 aromatic carbocycles. The highest BCUT2D eigenvalue weighted by atomic mass is 19.1. The van der Waals surface area contributed by atoms with E-state index in [1.807, 2.05) is 30.3 Å². The molecule has 2 rings (SSSR count). The average molecular weight is 287 g/mol. The molecule has 21 heavy (non-hydrogen) atoms. The van der Waals surface area contributed by atoms with E-state index < -0.39 is 0 Å². The largest absolute Gasteiger partial charge is 0.497 e. The van der Waals surface area contributed by atoms with Crippen molar-refractivity contribution in [3.63, 3.8) is 0 Å². The van der Waals surface area contributed by atoms with E-state index in [1.165, 1.54) is 11.6 Å². The van der Waals surface area contributed by atoms with E-state index in [2.05, 4.69) is 24.4 Å². The first-order chi connectivity index (χ1) is 10.2. The van der Waals surface area contributed by atoms with E-state index in [4.69, 9.17) is 4.74 Å². The third kappa shape index (κ3) is 4.30. The predicted octanol–water partition coefficient (Wildman–Crippen LogP) is 4.12. The molecule has 0 aliphatic heterocycles. The highest BCUT2D eigenvalue weighted by Crippen LogP contribution is 2.24. The molecule has 2 aromatic rings. The smallest absolute Gasteiger partial charge is 0.131 e. The molecule has 0 spiro atoms. The summed E-state index contributed by atoms with van der Waals surface area (Å²) in [6.07, 6.45) is 1.78. The molecular formula is C18H22FNO. The van der Waals surface area contributed by atoms with Gasteiger partial charge in [0, 0.05) is 17.7 Å². The lowest BCUT2D eigenvalue weighted by Gasteiger charge is -2.20. The monoisotopic (exact) mass is 287 g/mol. The van der Waals surface area contributed by atoms with E-state index >= 15 is 0 Å². The highest BCUT2D eigenvalue weighted by molar-refractivity contribution is 5.32. The predicted molar refractivity (Wildman–Crippen MR) is 84.1 cm³/mol. The molecule has 0 saturated carbocycles. The van der Waals surface area contributed by atoms with E-state index in [9.17, 15) is 4.39 Å². The van der Waals surface area contributed by atoms with Crippen molar-refractivity contribution in [2.45, 2.75) is 25.8 Å². The Labute approximate surface area is 126 Å². The van der Waals surface area contributed by atoms with Crippen molar-refractivity contribution >= 4 is 0 Å². The van der Waals surface area contributed by atoms with Gasteiger partial charge in [-0.3, -0.25) is 0 Å². The molecule has 0 heterocycles. The van der Waals surface area contributed by atoms with E-state index in [1.54, 1.807) is 7.11 Å². The third-order valence-corrected chi connectivity index (χ3v) is 3.51. The van der Waals surface area contributed by atoms with Crippen molar-refractivity contribution in [1.82, 2.24) is 5.32 Å². The van der Waals surface area contributed by atoms with Crippen LogP contribution in [0.1, 0.15) is 30.5 Å². The summed E-state index contributed by atoms with van der Waals surface area (Å²) in [5.41, 5.74) is 1.88. The number of rotatable bonds is 7. The summed E-state index contributed by atoms with van der Waals surface area (Å²) in [6, 6.07) is 15.2. The van der Waals surface area contributed by atoms with Crippen LogP contribution in [0.25, 0.3) is 0 Å². The summed E-state index contributed by atoms with van der Waals surface area (Å²) in [7, 11) is 1.55. The second-order valence-corrected chi connectivity index (χ2v) is 5.08. The summed E-state index contributed by atoms with van der Waals surface area (Å²) in [5.74, 6) is 0.323. The Morgan fingerprint density at radius 1 is 1.14 bits per heavy atom. The lowest BCUT2D eigenvalue weighted by molar-refractivity contribution is 0.409. The molecule has 0 fully saturated rings. The van der Waals surface area contributed by atoms with Crippen LogP contribution >= 0.6 is 0 Å². The Hall–Kier alpha value is -1.87. The van der Waals surface area contributed by atoms with E-state index in [0.29, 0.717) is 11.3 Å². The fourth-order valence-electron chi connectivity index (χ4n) is 2.38. The van der Waals surface area contributed by atoms with Crippen LogP contribution in [-0.2, 0) is 6.42 Å². The first kappa shape index (κ1) is 15.5. The molecule has 0 bridgehead atoms. The molecule has 1 atom stereocenters. The number of nitrogens with one attached hydrogen (secondary N) is 1. The molecule has 0 aromatic heterocycles. The Kier molecular flexibility index (Phi) is 5.76. The molecular weight excluding hydrogens is 265 g/mol. The Morgan fingerprint density at radius 3 is 2.52 bits per heavy atom. The van der Waals surface area contributed by atoms with Gasteiger partial charge >= 0.3 is 0 Å². The normalized spacial score (nSPS) is 12.1. The number of ether oxygens (including phenoxy) is 1. The number of halogens is 1. The van der Waals surface area contributed by atoms with Gasteiger partial charge in [0.1, 0.15) is 11.6 Å². The van der Waals surface area contributed by atoms with Crippen LogP contribution in [0.2, 0.25) is 0 Å². The summed E-state index contributed by atoms with van der Waals surface area (Å²) < 4.78 is 19.4. The topological polar surface area (TPSA) is 21.3 Å². The highest BCUT2D eigenvalue weighted by Gasteiger charge is 2.16. The SMILES string of the molecule is CCCNC(Cc1ccccc1)c1ccc(OC)cc1F. The number of methoxy groups -OCH3 is 1. The van der Waals surface area contributed by atoms with Gasteiger partial charge in [0.05, 0.1) is 7.11 Å². The van der Waals surface area contributed by atoms with Crippen LogP contribution in [0.5, 0.6) is 5.75 Å². The molecule has 0 saturated heterocycles. The van der Waals surface area contributed by atoms with Gasteiger partial charge in [-0.1, -0.05) is 43.3 Å². The van der Waals surface area contributed by atoms with Gasteiger partial charge in [0.25, 0.3) is 0 Å². The van der Waals surface area contributed by atoms with Crippen LogP contribution in [-0.4, -0.2) is 13.7 Å². The summed E-state index contributed by atoms with van der Waals surface area (Å²) in [4.78, 5) is 0. The lowest BCUT2D eigenvalue weighted by atomic mass is 9.98. The van der Waals surface area contributed by atoms with Gasteiger partial charge < -0.3 is 10.1 Å². The Morgan fingerprint density at radius 2 is 1.90 bits per heavy atom. The number of hydrogen-bond donors (Lipinski definition) is 1. The first-order valence-electron chi connectivity index (χ1n) is 7.35. The van der Waals surface area contributed by atoms with Crippen molar-refractivity contribution in [1.29, 1.82) is 0 Å². The first-order valence-corrected chi connectivity index (χ1v) is 7.35. The van der Waals surface area contributed by atoms with E-state index in [-0.39, 0.29) is 11.9 Å². The molecule has 0 amide bonds. The Balaban J connectivity index is 2.22. The fraction of sp³-hybridized carbons (Fsp3) is 0.333. The van der Waals surface area contributed by atoms with Gasteiger partial charge in [-0.05, 0) is 31.0 Å². The van der Waals surface area contributed by atoms with Crippen molar-refractivity contribution in [2.75, 3.05) is 13.7 Å². The number of benzene rings is 2. The van der Waals surface area contributed by atoms with Crippen molar-refractivity contribution < 1.29 is 9.13 Å². The molecule has 1 N–H and O–H groups in total. The van der Waals surface area contributed by atoms with Gasteiger partial charge in [-0.15, -0.1) is 0 Å². The Bertz CT molecular complexity index is 556. The zero-order valence-electron chi connectivity index (χ0n) is 12.6. The molecule has 3 heteroatoms. The minimum absolute atomic E-state index is 0.0294. The molecule has 0 radical (unpaired) electrons. The molecule has 2 nitrogen and oxygen atoms in total. The maximum atomic E-state index is 14.3. The molecule has 0 aliphatic carbocycles. The maximum Gasteiger partial charge on any atom is 0.131 e. The van der Waals surface area contributed by atoms with Crippen LogP contribution in [0, 0.1) is 5.82 Å². The van der Waals surface area contributed by atoms with Crippen LogP contribution in [0.15, 0.2) is 48.5 Å². The summed E-state index contributed by atoms with van der Waals surface area (Å²) in [6.45, 7) is 2.97. The second-order valence-electron chi connectivity index (χ2n) is 5.08. The second kappa shape index (κ2) is 7.79. The minimum Gasteiger partial charge on any atom is -0.497 e. The minimum atomic E-state index is -0.223. The van der Waals surface area contributed by atoms with Crippen LogP contribution < -0.4 is 10.1 Å². The lowest BCUT2D eigenvalue weighted by Crippen LogP contribution is -2.25. The zero-order chi connectivity index (χ0) is 15.1. The third-order valence-electron chi connectivity index (χ3n) is 3.51. The van der Waals surface area contributed by atoms with Gasteiger partial charge in [-0.2, -0.15) is 0 Å². The maximum absolute atomic E-state index is 14.3. The van der Waals surface area contributed by atoms with E-state index in [0.717, 1.165) is 19.4 Å². The quantitative estimate of drug-likeness (QED) is 0.827. The molecule has 112 valence electrons. The van der Waals surface area contributed by atoms with Gasteiger partial charge in [0.2, 0.25) is 0 Å². The average Bonchev–Trinajstić information content (AvgIpc) is 2.52. The summed E-state index contributed by atoms with van der Waals surface area (Å²) in [5, 5.41) is 3.43. The van der Waals surface area contributed by atoms with Crippen molar-refractivity contribution in [3.8, 4) is 5.75 Å². The fourth-order valence-corrected chi connectivity index (χ4v) is 2.38. The zero-order valence-corrected chi connectivity index (χ0v) is 12.6. The van der Waals surface area contributed by atoms with Crippen molar-refractivity contribution in [2.24, 2.45) is 0 Å². The number of hydrogen-bond acceptors (Lipinski definition) is 2. The summed E-state index contributed by atoms with van der Waals surface area (Å²) >= 11 is 0. The van der Waals surface area contributed by atoms with Crippen LogP contribution in [0.3, 0.4) is 0 Å². The van der Waals surface area contributed by atoms with Crippen LogP contribution in [0.4, 0.5) is 4.39 Å². The standard InChI is InChI=1S/C18H22FNO/c1-3-11-20-18(12-14-7-5-4-6-8-14)16-10-9-15(21-2)13-17(16)19/h4-10,13,18,20H,3,11-12H2,1-2H3. The molecule has 0 aliphatic rings.